The topological polar surface area (TPSA) is 31.2 Å². The Morgan fingerprint density at radius 2 is 1.71 bits per heavy atom. The van der Waals surface area contributed by atoms with Gasteiger partial charge in [-0.05, 0) is 25.0 Å². The van der Waals surface area contributed by atoms with E-state index in [1.165, 1.54) is 64.9 Å². The molecule has 3 nitrogen and oxygen atoms in total. The fourth-order valence-electron chi connectivity index (χ4n) is 3.00. The largest absolute Gasteiger partial charge is 0.464 e. The summed E-state index contributed by atoms with van der Waals surface area (Å²) in [6, 6.07) is 3.66. The molecular weight excluding hydrogens is 322 g/mol. The van der Waals surface area contributed by atoms with Gasteiger partial charge in [0.1, 0.15) is 5.69 Å². The lowest BCUT2D eigenvalue weighted by atomic mass is 10.1. The summed E-state index contributed by atoms with van der Waals surface area (Å²) in [6.07, 6.45) is 15.9. The van der Waals surface area contributed by atoms with Crippen molar-refractivity contribution in [1.82, 2.24) is 4.57 Å². The fourth-order valence-corrected chi connectivity index (χ4v) is 3.25. The molecule has 0 saturated carbocycles. The van der Waals surface area contributed by atoms with Crippen molar-refractivity contribution in [1.29, 1.82) is 0 Å². The Bertz CT molecular complexity index is 445. The molecule has 0 amide bonds. The molecular formula is C20H34ClNO2. The lowest BCUT2D eigenvalue weighted by Crippen LogP contribution is -2.12. The van der Waals surface area contributed by atoms with Crippen LogP contribution in [0.1, 0.15) is 88.0 Å². The molecule has 0 spiro atoms. The van der Waals surface area contributed by atoms with Crippen molar-refractivity contribution in [2.45, 2.75) is 89.5 Å². The van der Waals surface area contributed by atoms with Crippen molar-refractivity contribution >= 4 is 17.6 Å². The van der Waals surface area contributed by atoms with Crippen LogP contribution in [0.4, 0.5) is 0 Å². The van der Waals surface area contributed by atoms with E-state index >= 15 is 0 Å². The maximum atomic E-state index is 11.6. The number of unbranched alkanes of at least 4 members (excludes halogenated alkanes) is 8. The highest BCUT2D eigenvalue weighted by molar-refractivity contribution is 6.20. The van der Waals surface area contributed by atoms with Gasteiger partial charge < -0.3 is 9.30 Å². The average Bonchev–Trinajstić information content (AvgIpc) is 3.06. The molecule has 1 atom stereocenters. The maximum absolute atomic E-state index is 11.6. The van der Waals surface area contributed by atoms with Crippen LogP contribution in [0.3, 0.4) is 0 Å². The first-order valence-electron chi connectivity index (χ1n) is 9.56. The van der Waals surface area contributed by atoms with Gasteiger partial charge in [0, 0.05) is 18.1 Å². The number of hydrogen-bond acceptors (Lipinski definition) is 2. The number of aryl methyl sites for hydroxylation is 1. The van der Waals surface area contributed by atoms with Crippen molar-refractivity contribution < 1.29 is 9.53 Å². The number of halogens is 1. The predicted octanol–water partition coefficient (Wildman–Crippen LogP) is 6.19. The minimum Gasteiger partial charge on any atom is -0.464 e. The van der Waals surface area contributed by atoms with Crippen molar-refractivity contribution in [3.05, 3.63) is 24.0 Å². The zero-order chi connectivity index (χ0) is 17.6. The van der Waals surface area contributed by atoms with Gasteiger partial charge in [-0.15, -0.1) is 11.6 Å². The summed E-state index contributed by atoms with van der Waals surface area (Å²) in [6.45, 7) is 3.03. The Kier molecular flexibility index (Phi) is 11.7. The van der Waals surface area contributed by atoms with Crippen LogP contribution >= 0.6 is 11.6 Å². The zero-order valence-corrected chi connectivity index (χ0v) is 16.2. The minimum atomic E-state index is -0.287. The van der Waals surface area contributed by atoms with E-state index < -0.39 is 0 Å². The van der Waals surface area contributed by atoms with Crippen LogP contribution in [0.15, 0.2) is 18.3 Å². The number of ether oxygens (including phenoxy) is 1. The van der Waals surface area contributed by atoms with Gasteiger partial charge in [0.15, 0.2) is 0 Å². The summed E-state index contributed by atoms with van der Waals surface area (Å²) >= 11 is 6.43. The molecule has 4 heteroatoms. The molecule has 1 unspecified atom stereocenters. The number of rotatable bonds is 14. The first-order chi connectivity index (χ1) is 11.7. The Morgan fingerprint density at radius 1 is 1.08 bits per heavy atom. The van der Waals surface area contributed by atoms with Crippen molar-refractivity contribution in [3.8, 4) is 0 Å². The molecule has 1 aromatic rings. The summed E-state index contributed by atoms with van der Waals surface area (Å²) < 4.78 is 6.71. The Labute approximate surface area is 152 Å². The first kappa shape index (κ1) is 21.1. The van der Waals surface area contributed by atoms with Crippen LogP contribution in [0, 0.1) is 0 Å². The lowest BCUT2D eigenvalue weighted by molar-refractivity contribution is 0.0588. The third-order valence-electron chi connectivity index (χ3n) is 4.53. The standard InChI is InChI=1S/C20H34ClNO2/c1-3-4-5-6-7-8-9-10-11-13-18(21)15-17-22-16-12-14-19(22)20(23)24-2/h12,14,16,18H,3-11,13,15,17H2,1-2H3. The number of carbonyl (C=O) groups is 1. The lowest BCUT2D eigenvalue weighted by Gasteiger charge is -2.12. The van der Waals surface area contributed by atoms with E-state index in [1.807, 2.05) is 16.8 Å². The van der Waals surface area contributed by atoms with Crippen LogP contribution in [0.5, 0.6) is 0 Å². The molecule has 0 aliphatic heterocycles. The summed E-state index contributed by atoms with van der Waals surface area (Å²) in [5.74, 6) is -0.287. The minimum absolute atomic E-state index is 0.183. The maximum Gasteiger partial charge on any atom is 0.354 e. The van der Waals surface area contributed by atoms with E-state index in [2.05, 4.69) is 6.92 Å². The molecule has 0 saturated heterocycles. The Hall–Kier alpha value is -0.960. The van der Waals surface area contributed by atoms with Crippen molar-refractivity contribution in [2.24, 2.45) is 0 Å². The van der Waals surface area contributed by atoms with Gasteiger partial charge in [0.05, 0.1) is 7.11 Å². The number of esters is 1. The van der Waals surface area contributed by atoms with E-state index in [0.717, 1.165) is 19.4 Å². The monoisotopic (exact) mass is 355 g/mol. The summed E-state index contributed by atoms with van der Waals surface area (Å²) in [7, 11) is 1.41. The van der Waals surface area contributed by atoms with E-state index in [1.54, 1.807) is 6.07 Å². The van der Waals surface area contributed by atoms with E-state index in [-0.39, 0.29) is 11.3 Å². The first-order valence-corrected chi connectivity index (χ1v) is 10.00. The molecule has 0 fully saturated rings. The predicted molar refractivity (Wildman–Crippen MR) is 102 cm³/mol. The third-order valence-corrected chi connectivity index (χ3v) is 4.96. The summed E-state index contributed by atoms with van der Waals surface area (Å²) in [4.78, 5) is 11.6. The number of alkyl halides is 1. The van der Waals surface area contributed by atoms with Crippen LogP contribution in [0.2, 0.25) is 0 Å². The Morgan fingerprint density at radius 3 is 2.33 bits per heavy atom. The molecule has 0 aromatic carbocycles. The second-order valence-electron chi connectivity index (χ2n) is 6.58. The number of hydrogen-bond donors (Lipinski definition) is 0. The number of methoxy groups -OCH3 is 1. The summed E-state index contributed by atoms with van der Waals surface area (Å²) in [5, 5.41) is 0.183. The van der Waals surface area contributed by atoms with Gasteiger partial charge in [-0.3, -0.25) is 0 Å². The molecule has 1 heterocycles. The van der Waals surface area contributed by atoms with Crippen LogP contribution in [-0.2, 0) is 11.3 Å². The normalized spacial score (nSPS) is 12.3. The van der Waals surface area contributed by atoms with Gasteiger partial charge in [0.25, 0.3) is 0 Å². The fraction of sp³-hybridized carbons (Fsp3) is 0.750. The quantitative estimate of drug-likeness (QED) is 0.226. The molecule has 138 valence electrons. The highest BCUT2D eigenvalue weighted by Crippen LogP contribution is 2.17. The van der Waals surface area contributed by atoms with Crippen molar-refractivity contribution in [3.63, 3.8) is 0 Å². The second-order valence-corrected chi connectivity index (χ2v) is 7.20. The van der Waals surface area contributed by atoms with Gasteiger partial charge in [-0.25, -0.2) is 4.79 Å². The SMILES string of the molecule is CCCCCCCCCCCC(Cl)CCn1cccc1C(=O)OC. The van der Waals surface area contributed by atoms with Crippen LogP contribution in [0.25, 0.3) is 0 Å². The molecule has 0 aliphatic rings. The van der Waals surface area contributed by atoms with Gasteiger partial charge in [-0.2, -0.15) is 0 Å². The molecule has 0 N–H and O–H groups in total. The summed E-state index contributed by atoms with van der Waals surface area (Å²) in [5.41, 5.74) is 0.601. The van der Waals surface area contributed by atoms with Crippen molar-refractivity contribution in [2.75, 3.05) is 7.11 Å². The van der Waals surface area contributed by atoms with Gasteiger partial charge >= 0.3 is 5.97 Å². The molecule has 0 radical (unpaired) electrons. The molecule has 1 aromatic heterocycles. The van der Waals surface area contributed by atoms with E-state index in [4.69, 9.17) is 16.3 Å². The number of nitrogens with zero attached hydrogens (tertiary/aromatic N) is 1. The molecule has 0 aliphatic carbocycles. The third kappa shape index (κ3) is 8.77. The van der Waals surface area contributed by atoms with E-state index in [9.17, 15) is 4.79 Å². The zero-order valence-electron chi connectivity index (χ0n) is 15.4. The number of carbonyl (C=O) groups excluding carboxylic acids is 1. The highest BCUT2D eigenvalue weighted by Gasteiger charge is 2.12. The molecule has 0 bridgehead atoms. The van der Waals surface area contributed by atoms with Crippen LogP contribution in [-0.4, -0.2) is 23.0 Å². The van der Waals surface area contributed by atoms with Gasteiger partial charge in [0.2, 0.25) is 0 Å². The van der Waals surface area contributed by atoms with Gasteiger partial charge in [-0.1, -0.05) is 64.7 Å². The molecule has 24 heavy (non-hydrogen) atoms. The Balaban J connectivity index is 2.05. The second kappa shape index (κ2) is 13.3. The smallest absolute Gasteiger partial charge is 0.354 e. The number of aromatic nitrogens is 1. The molecule has 1 rings (SSSR count). The van der Waals surface area contributed by atoms with Crippen LogP contribution < -0.4 is 0 Å². The highest BCUT2D eigenvalue weighted by atomic mass is 35.5. The average molecular weight is 356 g/mol. The van der Waals surface area contributed by atoms with E-state index in [0.29, 0.717) is 5.69 Å².